The van der Waals surface area contributed by atoms with Gasteiger partial charge in [-0.15, -0.1) is 0 Å². The number of hydrogen-bond acceptors (Lipinski definition) is 5. The summed E-state index contributed by atoms with van der Waals surface area (Å²) in [6.45, 7) is 7.05. The molecule has 0 saturated carbocycles. The van der Waals surface area contributed by atoms with Crippen molar-refractivity contribution in [2.24, 2.45) is 16.3 Å². The number of ketones is 1. The lowest BCUT2D eigenvalue weighted by Gasteiger charge is -2.39. The molecule has 5 nitrogen and oxygen atoms in total. The Balaban J connectivity index is 1.69. The van der Waals surface area contributed by atoms with E-state index in [4.69, 9.17) is 14.5 Å². The minimum Gasteiger partial charge on any atom is -0.462 e. The second-order valence-corrected chi connectivity index (χ2v) is 9.19. The standard InChI is InChI=1S/C24H29NO4/c1-15-20(23(27)29-14-17-10-7-11-28-17)21(16-8-5-4-6-9-16)22-18(25-15)12-24(2,3)13-19(22)26/h4-6,8-9,17,20-21H,7,10-14H2,1-3H3/t17-,20?,21-/m1/s1. The first-order valence-corrected chi connectivity index (χ1v) is 10.5. The molecular formula is C24H29NO4. The van der Waals surface area contributed by atoms with Gasteiger partial charge in [0.1, 0.15) is 12.5 Å². The van der Waals surface area contributed by atoms with Crippen LogP contribution in [0.15, 0.2) is 46.6 Å². The first-order valence-electron chi connectivity index (χ1n) is 10.5. The van der Waals surface area contributed by atoms with Crippen LogP contribution in [0.25, 0.3) is 0 Å². The van der Waals surface area contributed by atoms with Crippen LogP contribution < -0.4 is 0 Å². The lowest BCUT2D eigenvalue weighted by atomic mass is 9.67. The average molecular weight is 395 g/mol. The highest BCUT2D eigenvalue weighted by molar-refractivity contribution is 6.09. The van der Waals surface area contributed by atoms with Crippen molar-refractivity contribution in [3.63, 3.8) is 0 Å². The van der Waals surface area contributed by atoms with E-state index >= 15 is 0 Å². The van der Waals surface area contributed by atoms with Crippen molar-refractivity contribution in [2.45, 2.75) is 58.5 Å². The lowest BCUT2D eigenvalue weighted by molar-refractivity contribution is -0.149. The van der Waals surface area contributed by atoms with Crippen LogP contribution in [-0.4, -0.2) is 36.8 Å². The fourth-order valence-corrected chi connectivity index (χ4v) is 4.81. The van der Waals surface area contributed by atoms with Crippen LogP contribution in [0, 0.1) is 11.3 Å². The molecule has 1 aromatic carbocycles. The Morgan fingerprint density at radius 2 is 2.00 bits per heavy atom. The van der Waals surface area contributed by atoms with Gasteiger partial charge in [0.2, 0.25) is 0 Å². The second kappa shape index (κ2) is 7.86. The lowest BCUT2D eigenvalue weighted by Crippen LogP contribution is -2.40. The van der Waals surface area contributed by atoms with Gasteiger partial charge in [0.25, 0.3) is 0 Å². The highest BCUT2D eigenvalue weighted by Crippen LogP contribution is 2.47. The minimum absolute atomic E-state index is 0.0261. The number of Topliss-reactive ketones (excluding diaryl/α,β-unsaturated/α-hetero) is 1. The molecular weight excluding hydrogens is 366 g/mol. The molecule has 2 aliphatic heterocycles. The van der Waals surface area contributed by atoms with Gasteiger partial charge in [-0.25, -0.2) is 0 Å². The molecule has 1 fully saturated rings. The van der Waals surface area contributed by atoms with Gasteiger partial charge >= 0.3 is 5.97 Å². The van der Waals surface area contributed by atoms with Crippen molar-refractivity contribution >= 4 is 17.5 Å². The Labute approximate surface area is 172 Å². The van der Waals surface area contributed by atoms with Crippen molar-refractivity contribution < 1.29 is 19.1 Å². The van der Waals surface area contributed by atoms with E-state index in [1.54, 1.807) is 0 Å². The van der Waals surface area contributed by atoms with Crippen molar-refractivity contribution in [1.29, 1.82) is 0 Å². The number of allylic oxidation sites excluding steroid dienone is 2. The zero-order valence-corrected chi connectivity index (χ0v) is 17.4. The van der Waals surface area contributed by atoms with E-state index in [-0.39, 0.29) is 35.8 Å². The zero-order chi connectivity index (χ0) is 20.6. The van der Waals surface area contributed by atoms with Crippen molar-refractivity contribution in [3.05, 3.63) is 47.2 Å². The molecule has 3 atom stereocenters. The topological polar surface area (TPSA) is 65.0 Å². The summed E-state index contributed by atoms with van der Waals surface area (Å²) in [5.74, 6) is -1.15. The third-order valence-corrected chi connectivity index (χ3v) is 6.15. The molecule has 154 valence electrons. The SMILES string of the molecule is CC1=NC2=C(C(=O)CC(C)(C)C2)[C@H](c2ccccc2)C1C(=O)OC[C@H]1CCCO1. The summed E-state index contributed by atoms with van der Waals surface area (Å²) in [6, 6.07) is 9.81. The predicted molar refractivity (Wildman–Crippen MR) is 111 cm³/mol. The molecule has 1 unspecified atom stereocenters. The van der Waals surface area contributed by atoms with Crippen molar-refractivity contribution in [1.82, 2.24) is 0 Å². The number of carbonyl (C=O) groups excluding carboxylic acids is 2. The van der Waals surface area contributed by atoms with E-state index in [0.29, 0.717) is 12.0 Å². The van der Waals surface area contributed by atoms with E-state index < -0.39 is 5.92 Å². The molecule has 1 aliphatic carbocycles. The predicted octanol–water partition coefficient (Wildman–Crippen LogP) is 4.23. The molecule has 0 radical (unpaired) electrons. The molecule has 5 heteroatoms. The maximum Gasteiger partial charge on any atom is 0.315 e. The number of aliphatic imine (C=N–C) groups is 1. The Hall–Kier alpha value is -2.27. The number of carbonyl (C=O) groups is 2. The molecule has 0 bridgehead atoms. The molecule has 0 amide bonds. The number of ether oxygens (including phenoxy) is 2. The summed E-state index contributed by atoms with van der Waals surface area (Å²) < 4.78 is 11.2. The van der Waals surface area contributed by atoms with Gasteiger partial charge in [0.05, 0.1) is 6.10 Å². The quantitative estimate of drug-likeness (QED) is 0.716. The summed E-state index contributed by atoms with van der Waals surface area (Å²) in [7, 11) is 0. The molecule has 4 rings (SSSR count). The van der Waals surface area contributed by atoms with Crippen LogP contribution in [0.2, 0.25) is 0 Å². The van der Waals surface area contributed by atoms with Gasteiger partial charge in [-0.05, 0) is 37.2 Å². The van der Waals surface area contributed by atoms with Gasteiger partial charge in [-0.2, -0.15) is 0 Å². The molecule has 1 aromatic rings. The molecule has 1 saturated heterocycles. The molecule has 0 spiro atoms. The van der Waals surface area contributed by atoms with Crippen molar-refractivity contribution in [3.8, 4) is 0 Å². The van der Waals surface area contributed by atoms with Crippen LogP contribution >= 0.6 is 0 Å². The fraction of sp³-hybridized carbons (Fsp3) is 0.542. The maximum atomic E-state index is 13.2. The minimum atomic E-state index is -0.581. The summed E-state index contributed by atoms with van der Waals surface area (Å²) in [5, 5.41) is 0. The monoisotopic (exact) mass is 395 g/mol. The van der Waals surface area contributed by atoms with Gasteiger partial charge < -0.3 is 9.47 Å². The molecule has 0 aromatic heterocycles. The Morgan fingerprint density at radius 1 is 1.24 bits per heavy atom. The summed E-state index contributed by atoms with van der Waals surface area (Å²) in [5.41, 5.74) is 3.09. The largest absolute Gasteiger partial charge is 0.462 e. The maximum absolute atomic E-state index is 13.2. The number of rotatable bonds is 4. The smallest absolute Gasteiger partial charge is 0.315 e. The van der Waals surface area contributed by atoms with Gasteiger partial charge in [0.15, 0.2) is 5.78 Å². The summed E-state index contributed by atoms with van der Waals surface area (Å²) >= 11 is 0. The van der Waals surface area contributed by atoms with Crippen LogP contribution in [0.1, 0.15) is 57.9 Å². The van der Waals surface area contributed by atoms with Crippen LogP contribution in [-0.2, 0) is 19.1 Å². The van der Waals surface area contributed by atoms with E-state index in [1.807, 2.05) is 37.3 Å². The van der Waals surface area contributed by atoms with E-state index in [1.165, 1.54) is 0 Å². The number of hydrogen-bond donors (Lipinski definition) is 0. The van der Waals surface area contributed by atoms with Gasteiger partial charge in [-0.1, -0.05) is 44.2 Å². The second-order valence-electron chi connectivity index (χ2n) is 9.19. The summed E-state index contributed by atoms with van der Waals surface area (Å²) in [4.78, 5) is 31.1. The summed E-state index contributed by atoms with van der Waals surface area (Å²) in [6.07, 6.45) is 3.10. The highest BCUT2D eigenvalue weighted by Gasteiger charge is 2.46. The Kier molecular flexibility index (Phi) is 5.43. The van der Waals surface area contributed by atoms with Crippen molar-refractivity contribution in [2.75, 3.05) is 13.2 Å². The van der Waals surface area contributed by atoms with Gasteiger partial charge in [0, 0.05) is 35.9 Å². The zero-order valence-electron chi connectivity index (χ0n) is 17.4. The molecule has 29 heavy (non-hydrogen) atoms. The highest BCUT2D eigenvalue weighted by atomic mass is 16.6. The fourth-order valence-electron chi connectivity index (χ4n) is 4.81. The normalized spacial score (nSPS) is 28.7. The molecule has 2 heterocycles. The van der Waals surface area contributed by atoms with E-state index in [9.17, 15) is 9.59 Å². The number of nitrogens with zero attached hydrogens (tertiary/aromatic N) is 1. The van der Waals surface area contributed by atoms with E-state index in [0.717, 1.165) is 42.8 Å². The molecule has 3 aliphatic rings. The van der Waals surface area contributed by atoms with Gasteiger partial charge in [-0.3, -0.25) is 14.6 Å². The Morgan fingerprint density at radius 3 is 2.69 bits per heavy atom. The Bertz CT molecular complexity index is 862. The first-order chi connectivity index (χ1) is 13.9. The van der Waals surface area contributed by atoms with E-state index in [2.05, 4.69) is 13.8 Å². The number of benzene rings is 1. The van der Waals surface area contributed by atoms with Crippen LogP contribution in [0.5, 0.6) is 0 Å². The van der Waals surface area contributed by atoms with Crippen LogP contribution in [0.4, 0.5) is 0 Å². The third kappa shape index (κ3) is 4.06. The van der Waals surface area contributed by atoms with Crippen LogP contribution in [0.3, 0.4) is 0 Å². The first kappa shape index (κ1) is 20.0. The third-order valence-electron chi connectivity index (χ3n) is 6.15. The molecule has 0 N–H and O–H groups in total. The average Bonchev–Trinajstić information content (AvgIpc) is 3.18. The number of esters is 1.